The van der Waals surface area contributed by atoms with Crippen molar-refractivity contribution in [3.63, 3.8) is 0 Å². The zero-order valence-electron chi connectivity index (χ0n) is 16.1. The van der Waals surface area contributed by atoms with Gasteiger partial charge in [0.1, 0.15) is 5.78 Å². The summed E-state index contributed by atoms with van der Waals surface area (Å²) >= 11 is 0. The van der Waals surface area contributed by atoms with E-state index in [2.05, 4.69) is 13.8 Å². The molecule has 0 bridgehead atoms. The molecule has 0 aromatic heterocycles. The summed E-state index contributed by atoms with van der Waals surface area (Å²) < 4.78 is 0. The van der Waals surface area contributed by atoms with Gasteiger partial charge in [-0.05, 0) is 87.0 Å². The van der Waals surface area contributed by atoms with Crippen molar-refractivity contribution >= 4 is 11.6 Å². The molecule has 1 N–H and O–H groups in total. The molecule has 138 valence electrons. The highest BCUT2D eigenvalue weighted by Crippen LogP contribution is 2.69. The Hall–Kier alpha value is -0.960. The van der Waals surface area contributed by atoms with Crippen LogP contribution in [0.3, 0.4) is 0 Å². The summed E-state index contributed by atoms with van der Waals surface area (Å²) in [5, 5.41) is 11.6. The summed E-state index contributed by atoms with van der Waals surface area (Å²) in [7, 11) is 0. The molecule has 0 amide bonds. The largest absolute Gasteiger partial charge is 0.390 e. The number of Topliss-reactive ketones (excluding diaryl/α,β-unsaturated/α-hetero) is 1. The number of hydrogen-bond donors (Lipinski definition) is 1. The molecule has 4 aliphatic rings. The summed E-state index contributed by atoms with van der Waals surface area (Å²) in [5.41, 5.74) is 0.368. The molecule has 25 heavy (non-hydrogen) atoms. The Morgan fingerprint density at radius 2 is 1.88 bits per heavy atom. The van der Waals surface area contributed by atoms with Gasteiger partial charge < -0.3 is 5.11 Å². The number of fused-ring (bicyclic) bond motifs is 5. The highest BCUT2D eigenvalue weighted by Gasteiger charge is 2.65. The number of ketones is 2. The smallest absolute Gasteiger partial charge is 0.155 e. The molecule has 3 nitrogen and oxygen atoms in total. The topological polar surface area (TPSA) is 54.4 Å². The third-order valence-corrected chi connectivity index (χ3v) is 8.65. The van der Waals surface area contributed by atoms with E-state index >= 15 is 0 Å². The third-order valence-electron chi connectivity index (χ3n) is 8.65. The van der Waals surface area contributed by atoms with Gasteiger partial charge in [-0.3, -0.25) is 9.59 Å². The quantitative estimate of drug-likeness (QED) is 0.779. The van der Waals surface area contributed by atoms with Crippen LogP contribution in [0.5, 0.6) is 0 Å². The molecule has 7 unspecified atom stereocenters. The first-order valence-electron chi connectivity index (χ1n) is 10.1. The molecule has 0 aromatic carbocycles. The van der Waals surface area contributed by atoms with Gasteiger partial charge in [-0.1, -0.05) is 19.4 Å². The second kappa shape index (κ2) is 5.28. The number of aliphatic hydroxyl groups is 1. The second-order valence-corrected chi connectivity index (χ2v) is 10.1. The summed E-state index contributed by atoms with van der Waals surface area (Å²) in [6.45, 7) is 8.29. The minimum Gasteiger partial charge on any atom is -0.390 e. The maximum Gasteiger partial charge on any atom is 0.155 e. The highest BCUT2D eigenvalue weighted by atomic mass is 16.3. The average molecular weight is 344 g/mol. The summed E-state index contributed by atoms with van der Waals surface area (Å²) in [6, 6.07) is 0. The van der Waals surface area contributed by atoms with Crippen molar-refractivity contribution in [1.29, 1.82) is 0 Å². The van der Waals surface area contributed by atoms with Crippen molar-refractivity contribution in [2.75, 3.05) is 0 Å². The highest BCUT2D eigenvalue weighted by molar-refractivity contribution is 5.91. The van der Waals surface area contributed by atoms with Crippen LogP contribution in [0.25, 0.3) is 0 Å². The van der Waals surface area contributed by atoms with E-state index in [0.717, 1.165) is 32.1 Å². The van der Waals surface area contributed by atoms with Crippen molar-refractivity contribution in [2.45, 2.75) is 78.2 Å². The van der Waals surface area contributed by atoms with Gasteiger partial charge in [-0.2, -0.15) is 0 Å². The average Bonchev–Trinajstić information content (AvgIpc) is 2.83. The van der Waals surface area contributed by atoms with E-state index < -0.39 is 5.60 Å². The minimum absolute atomic E-state index is 0.0596. The van der Waals surface area contributed by atoms with E-state index in [1.165, 1.54) is 5.57 Å². The fourth-order valence-corrected chi connectivity index (χ4v) is 8.00. The van der Waals surface area contributed by atoms with Crippen molar-refractivity contribution < 1.29 is 14.7 Å². The van der Waals surface area contributed by atoms with Crippen LogP contribution in [-0.2, 0) is 9.59 Å². The van der Waals surface area contributed by atoms with Crippen LogP contribution in [0.2, 0.25) is 0 Å². The Morgan fingerprint density at radius 3 is 2.56 bits per heavy atom. The predicted molar refractivity (Wildman–Crippen MR) is 96.9 cm³/mol. The molecule has 0 heterocycles. The molecule has 3 saturated carbocycles. The lowest BCUT2D eigenvalue weighted by atomic mass is 9.43. The standard InChI is InChI=1S/C22H32O3/c1-13(23)17-7-8-18-16-6-5-14-11-15(24)9-10-20(14,2)19(16)22(4,25)12-21(17,18)3/h11,16-19,25H,5-10,12H2,1-4H3. The fourth-order valence-electron chi connectivity index (χ4n) is 8.00. The Morgan fingerprint density at radius 1 is 1.16 bits per heavy atom. The first-order chi connectivity index (χ1) is 11.6. The van der Waals surface area contributed by atoms with Crippen molar-refractivity contribution in [3.05, 3.63) is 11.6 Å². The van der Waals surface area contributed by atoms with E-state index in [0.29, 0.717) is 30.5 Å². The van der Waals surface area contributed by atoms with E-state index in [-0.39, 0.29) is 28.4 Å². The molecule has 0 radical (unpaired) electrons. The summed E-state index contributed by atoms with van der Waals surface area (Å²) in [6.07, 6.45) is 8.21. The van der Waals surface area contributed by atoms with Gasteiger partial charge in [0.05, 0.1) is 5.60 Å². The van der Waals surface area contributed by atoms with Crippen LogP contribution in [0.15, 0.2) is 11.6 Å². The molecule has 0 aromatic rings. The first kappa shape index (κ1) is 17.5. The fraction of sp³-hybridized carbons (Fsp3) is 0.818. The molecular formula is C22H32O3. The predicted octanol–water partition coefficient (Wildman–Crippen LogP) is 4.08. The lowest BCUT2D eigenvalue weighted by molar-refractivity contribution is -0.183. The van der Waals surface area contributed by atoms with Crippen LogP contribution in [-0.4, -0.2) is 22.3 Å². The first-order valence-corrected chi connectivity index (χ1v) is 10.1. The van der Waals surface area contributed by atoms with Gasteiger partial charge in [0.25, 0.3) is 0 Å². The summed E-state index contributed by atoms with van der Waals surface area (Å²) in [5.74, 6) is 1.85. The molecule has 7 atom stereocenters. The van der Waals surface area contributed by atoms with Crippen LogP contribution in [0, 0.1) is 34.5 Å². The van der Waals surface area contributed by atoms with Crippen LogP contribution < -0.4 is 0 Å². The normalized spacial score (nSPS) is 52.0. The van der Waals surface area contributed by atoms with Gasteiger partial charge >= 0.3 is 0 Å². The lowest BCUT2D eigenvalue weighted by Gasteiger charge is -2.63. The van der Waals surface area contributed by atoms with Crippen molar-refractivity contribution in [3.8, 4) is 0 Å². The number of carbonyl (C=O) groups is 2. The van der Waals surface area contributed by atoms with E-state index in [4.69, 9.17) is 0 Å². The number of carbonyl (C=O) groups excluding carboxylic acids is 2. The molecule has 0 saturated heterocycles. The molecule has 4 aliphatic carbocycles. The summed E-state index contributed by atoms with van der Waals surface area (Å²) in [4.78, 5) is 24.2. The number of allylic oxidation sites excluding steroid dienone is 1. The minimum atomic E-state index is -0.775. The zero-order valence-corrected chi connectivity index (χ0v) is 16.1. The van der Waals surface area contributed by atoms with Gasteiger partial charge in [-0.15, -0.1) is 0 Å². The molecule has 3 fully saturated rings. The SMILES string of the molecule is CC(=O)C1CCC2C3CCC4=CC(=O)CCC4(C)C3C(C)(O)CC12C. The lowest BCUT2D eigenvalue weighted by Crippen LogP contribution is -2.61. The monoisotopic (exact) mass is 344 g/mol. The second-order valence-electron chi connectivity index (χ2n) is 10.1. The van der Waals surface area contributed by atoms with Gasteiger partial charge in [0.15, 0.2) is 5.78 Å². The Balaban J connectivity index is 1.78. The third kappa shape index (κ3) is 2.27. The number of rotatable bonds is 1. The molecule has 0 spiro atoms. The Labute approximate surface area is 151 Å². The van der Waals surface area contributed by atoms with Gasteiger partial charge in [0.2, 0.25) is 0 Å². The van der Waals surface area contributed by atoms with Crippen LogP contribution in [0.1, 0.15) is 72.6 Å². The Kier molecular flexibility index (Phi) is 3.69. The van der Waals surface area contributed by atoms with E-state index in [9.17, 15) is 14.7 Å². The van der Waals surface area contributed by atoms with E-state index in [1.807, 2.05) is 13.0 Å². The number of hydrogen-bond acceptors (Lipinski definition) is 3. The van der Waals surface area contributed by atoms with Crippen LogP contribution >= 0.6 is 0 Å². The molecule has 3 heteroatoms. The van der Waals surface area contributed by atoms with Crippen LogP contribution in [0.4, 0.5) is 0 Å². The van der Waals surface area contributed by atoms with Crippen molar-refractivity contribution in [1.82, 2.24) is 0 Å². The maximum atomic E-state index is 12.3. The van der Waals surface area contributed by atoms with Gasteiger partial charge in [-0.25, -0.2) is 0 Å². The Bertz CT molecular complexity index is 660. The van der Waals surface area contributed by atoms with Crippen molar-refractivity contribution in [2.24, 2.45) is 34.5 Å². The molecular weight excluding hydrogens is 312 g/mol. The zero-order chi connectivity index (χ0) is 18.2. The molecule has 4 rings (SSSR count). The maximum absolute atomic E-state index is 12.3. The van der Waals surface area contributed by atoms with E-state index in [1.54, 1.807) is 6.92 Å². The van der Waals surface area contributed by atoms with Gasteiger partial charge in [0, 0.05) is 12.3 Å². The molecule has 0 aliphatic heterocycles.